The normalized spacial score (nSPS) is 10.5. The standard InChI is InChI=1S/C22H25N3O4/c1-5-12-23-22(26)20-14-19(18-11-10-17(28-3)13-21(18)29-4)24-25(20)15-6-8-16(27-2)9-7-15/h6-11,13-14H,5,12H2,1-4H3,(H,23,26). The number of hydrogen-bond donors (Lipinski definition) is 1. The maximum atomic E-state index is 12.8. The van der Waals surface area contributed by atoms with Gasteiger partial charge < -0.3 is 19.5 Å². The number of ether oxygens (including phenoxy) is 3. The number of benzene rings is 2. The van der Waals surface area contributed by atoms with E-state index in [1.54, 1.807) is 38.1 Å². The van der Waals surface area contributed by atoms with Gasteiger partial charge in [-0.25, -0.2) is 4.68 Å². The molecule has 0 radical (unpaired) electrons. The molecule has 152 valence electrons. The van der Waals surface area contributed by atoms with Gasteiger partial charge in [-0.1, -0.05) is 6.92 Å². The third kappa shape index (κ3) is 4.34. The highest BCUT2D eigenvalue weighted by Gasteiger charge is 2.19. The van der Waals surface area contributed by atoms with Gasteiger partial charge in [-0.3, -0.25) is 4.79 Å². The molecule has 29 heavy (non-hydrogen) atoms. The summed E-state index contributed by atoms with van der Waals surface area (Å²) in [7, 11) is 4.80. The van der Waals surface area contributed by atoms with E-state index in [2.05, 4.69) is 5.32 Å². The molecule has 0 aliphatic carbocycles. The Bertz CT molecular complexity index is 980. The van der Waals surface area contributed by atoms with Crippen molar-refractivity contribution < 1.29 is 19.0 Å². The van der Waals surface area contributed by atoms with E-state index in [0.29, 0.717) is 29.4 Å². The Morgan fingerprint density at radius 2 is 1.66 bits per heavy atom. The smallest absolute Gasteiger partial charge is 0.270 e. The minimum Gasteiger partial charge on any atom is -0.497 e. The van der Waals surface area contributed by atoms with E-state index in [1.165, 1.54) is 0 Å². The molecule has 7 heteroatoms. The number of rotatable bonds is 8. The number of amides is 1. The van der Waals surface area contributed by atoms with E-state index in [1.807, 2.05) is 43.3 Å². The molecule has 1 aromatic heterocycles. The van der Waals surface area contributed by atoms with Crippen molar-refractivity contribution in [2.45, 2.75) is 13.3 Å². The summed E-state index contributed by atoms with van der Waals surface area (Å²) in [6.07, 6.45) is 0.849. The van der Waals surface area contributed by atoms with E-state index < -0.39 is 0 Å². The van der Waals surface area contributed by atoms with Gasteiger partial charge in [-0.05, 0) is 48.9 Å². The Morgan fingerprint density at radius 3 is 2.28 bits per heavy atom. The molecule has 0 spiro atoms. The van der Waals surface area contributed by atoms with Crippen LogP contribution in [0.15, 0.2) is 48.5 Å². The van der Waals surface area contributed by atoms with E-state index in [4.69, 9.17) is 19.3 Å². The van der Waals surface area contributed by atoms with Gasteiger partial charge in [0.25, 0.3) is 5.91 Å². The lowest BCUT2D eigenvalue weighted by molar-refractivity contribution is 0.0946. The molecule has 0 bridgehead atoms. The number of carbonyl (C=O) groups is 1. The van der Waals surface area contributed by atoms with Crippen LogP contribution in [0.2, 0.25) is 0 Å². The third-order valence-corrected chi connectivity index (χ3v) is 4.48. The van der Waals surface area contributed by atoms with Crippen LogP contribution in [0.25, 0.3) is 16.9 Å². The van der Waals surface area contributed by atoms with Crippen molar-refractivity contribution in [1.29, 1.82) is 0 Å². The summed E-state index contributed by atoms with van der Waals surface area (Å²) in [4.78, 5) is 12.8. The molecule has 3 rings (SSSR count). The first kappa shape index (κ1) is 20.3. The minimum absolute atomic E-state index is 0.186. The van der Waals surface area contributed by atoms with Crippen LogP contribution in [0.5, 0.6) is 17.2 Å². The van der Waals surface area contributed by atoms with Crippen LogP contribution >= 0.6 is 0 Å². The Balaban J connectivity index is 2.10. The largest absolute Gasteiger partial charge is 0.497 e. The molecule has 1 heterocycles. The number of nitrogens with zero attached hydrogens (tertiary/aromatic N) is 2. The molecule has 0 saturated heterocycles. The Kier molecular flexibility index (Phi) is 6.39. The molecule has 0 fully saturated rings. The molecule has 0 atom stereocenters. The van der Waals surface area contributed by atoms with E-state index in [0.717, 1.165) is 23.4 Å². The molecular weight excluding hydrogens is 370 g/mol. The van der Waals surface area contributed by atoms with E-state index in [9.17, 15) is 4.79 Å². The molecule has 2 aromatic carbocycles. The molecule has 0 aliphatic rings. The van der Waals surface area contributed by atoms with Crippen molar-refractivity contribution in [3.8, 4) is 34.2 Å². The summed E-state index contributed by atoms with van der Waals surface area (Å²) < 4.78 is 17.6. The lowest BCUT2D eigenvalue weighted by atomic mass is 10.1. The second-order valence-corrected chi connectivity index (χ2v) is 6.35. The lowest BCUT2D eigenvalue weighted by Crippen LogP contribution is -2.26. The molecule has 0 unspecified atom stereocenters. The van der Waals surface area contributed by atoms with Crippen molar-refractivity contribution in [3.63, 3.8) is 0 Å². The van der Waals surface area contributed by atoms with Crippen LogP contribution in [-0.4, -0.2) is 43.6 Å². The third-order valence-electron chi connectivity index (χ3n) is 4.48. The van der Waals surface area contributed by atoms with E-state index in [-0.39, 0.29) is 5.91 Å². The fourth-order valence-corrected chi connectivity index (χ4v) is 2.93. The van der Waals surface area contributed by atoms with Gasteiger partial charge in [-0.15, -0.1) is 0 Å². The topological polar surface area (TPSA) is 74.6 Å². The molecular formula is C22H25N3O4. The summed E-state index contributed by atoms with van der Waals surface area (Å²) in [5.74, 6) is 1.84. The van der Waals surface area contributed by atoms with Crippen molar-refractivity contribution >= 4 is 5.91 Å². The second kappa shape index (κ2) is 9.14. The molecule has 0 saturated carbocycles. The highest BCUT2D eigenvalue weighted by molar-refractivity contribution is 5.94. The zero-order chi connectivity index (χ0) is 20.8. The van der Waals surface area contributed by atoms with Crippen LogP contribution in [-0.2, 0) is 0 Å². The second-order valence-electron chi connectivity index (χ2n) is 6.35. The number of carbonyl (C=O) groups excluding carboxylic acids is 1. The van der Waals surface area contributed by atoms with Crippen LogP contribution in [0, 0.1) is 0 Å². The van der Waals surface area contributed by atoms with Gasteiger partial charge in [0.15, 0.2) is 0 Å². The number of nitrogens with one attached hydrogen (secondary N) is 1. The van der Waals surface area contributed by atoms with Gasteiger partial charge in [0.1, 0.15) is 22.9 Å². The summed E-state index contributed by atoms with van der Waals surface area (Å²) >= 11 is 0. The average Bonchev–Trinajstić information content (AvgIpc) is 3.22. The van der Waals surface area contributed by atoms with Gasteiger partial charge in [0, 0.05) is 18.2 Å². The summed E-state index contributed by atoms with van der Waals surface area (Å²) in [6, 6.07) is 14.6. The molecule has 1 amide bonds. The number of hydrogen-bond acceptors (Lipinski definition) is 5. The monoisotopic (exact) mass is 395 g/mol. The summed E-state index contributed by atoms with van der Waals surface area (Å²) in [6.45, 7) is 2.60. The highest BCUT2D eigenvalue weighted by Crippen LogP contribution is 2.33. The maximum Gasteiger partial charge on any atom is 0.270 e. The highest BCUT2D eigenvalue weighted by atomic mass is 16.5. The molecule has 0 aliphatic heterocycles. The SMILES string of the molecule is CCCNC(=O)c1cc(-c2ccc(OC)cc2OC)nn1-c1ccc(OC)cc1. The number of aromatic nitrogens is 2. The van der Waals surface area contributed by atoms with Gasteiger partial charge in [0.2, 0.25) is 0 Å². The maximum absolute atomic E-state index is 12.8. The fourth-order valence-electron chi connectivity index (χ4n) is 2.93. The first-order valence-electron chi connectivity index (χ1n) is 9.36. The molecule has 3 aromatic rings. The van der Waals surface area contributed by atoms with Crippen molar-refractivity contribution in [1.82, 2.24) is 15.1 Å². The van der Waals surface area contributed by atoms with Gasteiger partial charge in [-0.2, -0.15) is 5.10 Å². The average molecular weight is 395 g/mol. The van der Waals surface area contributed by atoms with E-state index >= 15 is 0 Å². The van der Waals surface area contributed by atoms with Crippen molar-refractivity contribution in [3.05, 3.63) is 54.2 Å². The van der Waals surface area contributed by atoms with Crippen molar-refractivity contribution in [2.24, 2.45) is 0 Å². The Labute approximate surface area is 170 Å². The first-order valence-corrected chi connectivity index (χ1v) is 9.36. The van der Waals surface area contributed by atoms with Gasteiger partial charge >= 0.3 is 0 Å². The quantitative estimate of drug-likeness (QED) is 0.629. The zero-order valence-corrected chi connectivity index (χ0v) is 17.1. The fraction of sp³-hybridized carbons (Fsp3) is 0.273. The number of methoxy groups -OCH3 is 3. The van der Waals surface area contributed by atoms with Crippen LogP contribution in [0.3, 0.4) is 0 Å². The predicted octanol–water partition coefficient (Wildman–Crippen LogP) is 3.70. The molecule has 7 nitrogen and oxygen atoms in total. The van der Waals surface area contributed by atoms with Gasteiger partial charge in [0.05, 0.1) is 32.7 Å². The predicted molar refractivity (Wildman–Crippen MR) is 111 cm³/mol. The van der Waals surface area contributed by atoms with Crippen molar-refractivity contribution in [2.75, 3.05) is 27.9 Å². The lowest BCUT2D eigenvalue weighted by Gasteiger charge is -2.09. The summed E-state index contributed by atoms with van der Waals surface area (Å²) in [5.41, 5.74) is 2.59. The molecule has 1 N–H and O–H groups in total. The Hall–Kier alpha value is -3.48. The van der Waals surface area contributed by atoms with Crippen LogP contribution < -0.4 is 19.5 Å². The first-order chi connectivity index (χ1) is 14.1. The zero-order valence-electron chi connectivity index (χ0n) is 17.1. The summed E-state index contributed by atoms with van der Waals surface area (Å²) in [5, 5.41) is 7.61. The van der Waals surface area contributed by atoms with Crippen LogP contribution in [0.4, 0.5) is 0 Å². The van der Waals surface area contributed by atoms with Crippen LogP contribution in [0.1, 0.15) is 23.8 Å². The Morgan fingerprint density at radius 1 is 0.966 bits per heavy atom. The minimum atomic E-state index is -0.186.